The maximum atomic E-state index is 5.95. The number of nitrogens with zero attached hydrogens (tertiary/aromatic N) is 3. The highest BCUT2D eigenvalue weighted by atomic mass is 35.5. The summed E-state index contributed by atoms with van der Waals surface area (Å²) in [5.41, 5.74) is 3.38. The third kappa shape index (κ3) is 1.20. The Kier molecular flexibility index (Phi) is 1.83. The topological polar surface area (TPSA) is 30.2 Å². The molecule has 0 radical (unpaired) electrons. The molecular formula is C11H10ClN3. The van der Waals surface area contributed by atoms with Crippen LogP contribution in [0.15, 0.2) is 17.3 Å². The zero-order valence-electron chi connectivity index (χ0n) is 8.37. The molecule has 76 valence electrons. The average Bonchev–Trinajstić information content (AvgIpc) is 2.54. The van der Waals surface area contributed by atoms with Crippen molar-refractivity contribution in [1.82, 2.24) is 9.55 Å². The highest BCUT2D eigenvalue weighted by molar-refractivity contribution is 6.31. The van der Waals surface area contributed by atoms with E-state index in [0.29, 0.717) is 5.02 Å². The Balaban J connectivity index is 2.45. The highest BCUT2D eigenvalue weighted by Crippen LogP contribution is 2.26. The molecule has 15 heavy (non-hydrogen) atoms. The van der Waals surface area contributed by atoms with Crippen molar-refractivity contribution in [2.75, 3.05) is 6.54 Å². The lowest BCUT2D eigenvalue weighted by molar-refractivity contribution is 0.708. The fraction of sp³-hybridized carbons (Fsp3) is 0.273. The summed E-state index contributed by atoms with van der Waals surface area (Å²) in [5.74, 6) is 0. The van der Waals surface area contributed by atoms with E-state index in [0.717, 1.165) is 29.8 Å². The van der Waals surface area contributed by atoms with Crippen LogP contribution in [0.5, 0.6) is 0 Å². The average molecular weight is 220 g/mol. The van der Waals surface area contributed by atoms with Gasteiger partial charge in [0.25, 0.3) is 0 Å². The standard InChI is InChI=1S/C11H10ClN3/c1-7-9-4-8(12)5-14-11(9)15-3-2-13-6-10(7)15/h4-6H,2-3H2,1H3. The van der Waals surface area contributed by atoms with E-state index in [9.17, 15) is 0 Å². The molecule has 3 rings (SSSR count). The van der Waals surface area contributed by atoms with Gasteiger partial charge in [-0.15, -0.1) is 0 Å². The minimum atomic E-state index is 0.686. The van der Waals surface area contributed by atoms with Crippen LogP contribution in [-0.4, -0.2) is 22.3 Å². The second-order valence-corrected chi connectivity index (χ2v) is 4.16. The molecule has 3 heterocycles. The van der Waals surface area contributed by atoms with E-state index >= 15 is 0 Å². The number of fused-ring (bicyclic) bond motifs is 3. The Morgan fingerprint density at radius 3 is 3.20 bits per heavy atom. The van der Waals surface area contributed by atoms with Gasteiger partial charge >= 0.3 is 0 Å². The first-order chi connectivity index (χ1) is 7.27. The number of aryl methyl sites for hydroxylation is 1. The fourth-order valence-electron chi connectivity index (χ4n) is 2.08. The highest BCUT2D eigenvalue weighted by Gasteiger charge is 2.15. The van der Waals surface area contributed by atoms with Crippen LogP contribution in [0.3, 0.4) is 0 Å². The first-order valence-corrected chi connectivity index (χ1v) is 5.29. The lowest BCUT2D eigenvalue weighted by atomic mass is 10.2. The summed E-state index contributed by atoms with van der Waals surface area (Å²) in [7, 11) is 0. The van der Waals surface area contributed by atoms with E-state index in [1.54, 1.807) is 6.20 Å². The van der Waals surface area contributed by atoms with Crippen molar-refractivity contribution in [3.8, 4) is 0 Å². The van der Waals surface area contributed by atoms with E-state index in [4.69, 9.17) is 11.6 Å². The predicted molar refractivity (Wildman–Crippen MR) is 61.9 cm³/mol. The lowest BCUT2D eigenvalue weighted by Gasteiger charge is -2.09. The maximum Gasteiger partial charge on any atom is 0.140 e. The van der Waals surface area contributed by atoms with E-state index in [1.807, 2.05) is 12.3 Å². The number of aliphatic imine (C=N–C) groups is 1. The van der Waals surface area contributed by atoms with Crippen molar-refractivity contribution in [1.29, 1.82) is 0 Å². The molecule has 0 N–H and O–H groups in total. The van der Waals surface area contributed by atoms with Crippen LogP contribution >= 0.6 is 11.6 Å². The molecule has 3 nitrogen and oxygen atoms in total. The van der Waals surface area contributed by atoms with Gasteiger partial charge in [0, 0.05) is 24.3 Å². The van der Waals surface area contributed by atoms with Gasteiger partial charge in [0.15, 0.2) is 0 Å². The van der Waals surface area contributed by atoms with Gasteiger partial charge in [-0.05, 0) is 18.6 Å². The van der Waals surface area contributed by atoms with E-state index < -0.39 is 0 Å². The van der Waals surface area contributed by atoms with Crippen LogP contribution < -0.4 is 0 Å². The molecule has 0 unspecified atom stereocenters. The number of hydrogen-bond acceptors (Lipinski definition) is 2. The van der Waals surface area contributed by atoms with Crippen molar-refractivity contribution in [3.63, 3.8) is 0 Å². The van der Waals surface area contributed by atoms with Crippen LogP contribution in [0.1, 0.15) is 11.3 Å². The smallest absolute Gasteiger partial charge is 0.140 e. The van der Waals surface area contributed by atoms with Crippen molar-refractivity contribution in [3.05, 3.63) is 28.5 Å². The number of hydrogen-bond donors (Lipinski definition) is 0. The fourth-order valence-corrected chi connectivity index (χ4v) is 2.24. The minimum absolute atomic E-state index is 0.686. The van der Waals surface area contributed by atoms with E-state index in [2.05, 4.69) is 21.5 Å². The van der Waals surface area contributed by atoms with E-state index in [1.165, 1.54) is 5.56 Å². The SMILES string of the molecule is Cc1c2n(c3ncc(Cl)cc13)CCN=C2. The number of aromatic nitrogens is 2. The molecular weight excluding hydrogens is 210 g/mol. The van der Waals surface area contributed by atoms with Crippen LogP contribution in [-0.2, 0) is 6.54 Å². The normalized spacial score (nSPS) is 14.5. The van der Waals surface area contributed by atoms with Crippen LogP contribution in [0.2, 0.25) is 5.02 Å². The van der Waals surface area contributed by atoms with E-state index in [-0.39, 0.29) is 0 Å². The first kappa shape index (κ1) is 8.92. The Bertz CT molecular complexity index is 569. The third-order valence-corrected chi connectivity index (χ3v) is 3.04. The molecule has 0 spiro atoms. The quantitative estimate of drug-likeness (QED) is 0.669. The molecule has 2 aromatic heterocycles. The molecule has 0 atom stereocenters. The molecule has 0 fully saturated rings. The molecule has 4 heteroatoms. The summed E-state index contributed by atoms with van der Waals surface area (Å²) in [4.78, 5) is 8.67. The molecule has 0 aliphatic carbocycles. The molecule has 0 saturated heterocycles. The monoisotopic (exact) mass is 219 g/mol. The van der Waals surface area contributed by atoms with Crippen LogP contribution in [0, 0.1) is 6.92 Å². The minimum Gasteiger partial charge on any atom is -0.322 e. The molecule has 2 aromatic rings. The zero-order chi connectivity index (χ0) is 10.4. The van der Waals surface area contributed by atoms with Gasteiger partial charge < -0.3 is 4.57 Å². The van der Waals surface area contributed by atoms with Crippen LogP contribution in [0.25, 0.3) is 11.0 Å². The lowest BCUT2D eigenvalue weighted by Crippen LogP contribution is -2.11. The van der Waals surface area contributed by atoms with Gasteiger partial charge in [-0.3, -0.25) is 4.99 Å². The summed E-state index contributed by atoms with van der Waals surface area (Å²) in [6.07, 6.45) is 3.62. The Hall–Kier alpha value is -1.35. The van der Waals surface area contributed by atoms with Gasteiger partial charge in [0.2, 0.25) is 0 Å². The molecule has 0 aromatic carbocycles. The summed E-state index contributed by atoms with van der Waals surface area (Å²) in [5, 5.41) is 1.82. The summed E-state index contributed by atoms with van der Waals surface area (Å²) >= 11 is 5.95. The third-order valence-electron chi connectivity index (χ3n) is 2.83. The maximum absolute atomic E-state index is 5.95. The Morgan fingerprint density at radius 1 is 1.47 bits per heavy atom. The second kappa shape index (κ2) is 3.07. The Labute approximate surface area is 92.4 Å². The van der Waals surface area contributed by atoms with Crippen molar-refractivity contribution in [2.24, 2.45) is 4.99 Å². The number of pyridine rings is 1. The van der Waals surface area contributed by atoms with Crippen molar-refractivity contribution >= 4 is 28.8 Å². The molecule has 0 saturated carbocycles. The largest absolute Gasteiger partial charge is 0.322 e. The second-order valence-electron chi connectivity index (χ2n) is 3.72. The van der Waals surface area contributed by atoms with Crippen molar-refractivity contribution in [2.45, 2.75) is 13.5 Å². The van der Waals surface area contributed by atoms with Gasteiger partial charge in [0.1, 0.15) is 5.65 Å². The number of rotatable bonds is 0. The summed E-state index contributed by atoms with van der Waals surface area (Å²) in [6.45, 7) is 3.83. The molecule has 0 bridgehead atoms. The summed E-state index contributed by atoms with van der Waals surface area (Å²) < 4.78 is 2.20. The Morgan fingerprint density at radius 2 is 2.33 bits per heavy atom. The van der Waals surface area contributed by atoms with Gasteiger partial charge in [-0.25, -0.2) is 4.98 Å². The predicted octanol–water partition coefficient (Wildman–Crippen LogP) is 2.43. The molecule has 1 aliphatic rings. The van der Waals surface area contributed by atoms with Gasteiger partial charge in [-0.2, -0.15) is 0 Å². The zero-order valence-corrected chi connectivity index (χ0v) is 9.12. The molecule has 1 aliphatic heterocycles. The van der Waals surface area contributed by atoms with Crippen molar-refractivity contribution < 1.29 is 0 Å². The molecule has 0 amide bonds. The number of halogens is 1. The van der Waals surface area contributed by atoms with Gasteiger partial charge in [0.05, 0.1) is 17.3 Å². The van der Waals surface area contributed by atoms with Gasteiger partial charge in [-0.1, -0.05) is 11.6 Å². The summed E-state index contributed by atoms with van der Waals surface area (Å²) in [6, 6.07) is 1.97. The van der Waals surface area contributed by atoms with Crippen LogP contribution in [0.4, 0.5) is 0 Å². The first-order valence-electron chi connectivity index (χ1n) is 4.91.